The summed E-state index contributed by atoms with van der Waals surface area (Å²) in [7, 11) is 0. The lowest BCUT2D eigenvalue weighted by Crippen LogP contribution is -2.59. The standard InChI is InChI=1S/C18H15F3N4O2S/c1-10-9-17(27,18(19,20)21)25(22-10)15(26)14-8-13-11(2)23-24(16(13)28-14)12-6-4-3-5-7-12/h3-8,22,27H,1,9H2,2H3/t17-/m0/s1. The number of benzene rings is 1. The van der Waals surface area contributed by atoms with Gasteiger partial charge in [0.05, 0.1) is 16.3 Å². The average molecular weight is 408 g/mol. The smallest absolute Gasteiger partial charge is 0.362 e. The van der Waals surface area contributed by atoms with Gasteiger partial charge in [0.2, 0.25) is 0 Å². The number of hydrogen-bond donors (Lipinski definition) is 2. The van der Waals surface area contributed by atoms with Crippen molar-refractivity contribution in [2.24, 2.45) is 0 Å². The van der Waals surface area contributed by atoms with Gasteiger partial charge in [-0.05, 0) is 25.1 Å². The number of carbonyl (C=O) groups is 1. The first-order valence-corrected chi connectivity index (χ1v) is 9.06. The van der Waals surface area contributed by atoms with E-state index in [1.54, 1.807) is 11.6 Å². The molecule has 1 amide bonds. The molecule has 0 saturated carbocycles. The molecular formula is C18H15F3N4O2S. The monoisotopic (exact) mass is 408 g/mol. The predicted octanol–water partition coefficient (Wildman–Crippen LogP) is 3.51. The van der Waals surface area contributed by atoms with E-state index in [1.807, 2.05) is 30.3 Å². The van der Waals surface area contributed by atoms with E-state index in [1.165, 1.54) is 6.07 Å². The molecule has 3 aromatic rings. The Kier molecular flexibility index (Phi) is 4.02. The van der Waals surface area contributed by atoms with E-state index in [4.69, 9.17) is 0 Å². The van der Waals surface area contributed by atoms with Gasteiger partial charge < -0.3 is 5.11 Å². The van der Waals surface area contributed by atoms with Crippen LogP contribution in [0, 0.1) is 6.92 Å². The lowest BCUT2D eigenvalue weighted by atomic mass is 10.1. The Morgan fingerprint density at radius 3 is 2.68 bits per heavy atom. The fourth-order valence-electron chi connectivity index (χ4n) is 3.12. The van der Waals surface area contributed by atoms with Crippen molar-refractivity contribution in [1.82, 2.24) is 20.2 Å². The van der Waals surface area contributed by atoms with Crippen LogP contribution in [0.5, 0.6) is 0 Å². The van der Waals surface area contributed by atoms with Crippen LogP contribution >= 0.6 is 11.3 Å². The minimum Gasteiger partial charge on any atom is -0.362 e. The highest BCUT2D eigenvalue weighted by Crippen LogP contribution is 2.42. The molecule has 2 N–H and O–H groups in total. The van der Waals surface area contributed by atoms with E-state index in [2.05, 4.69) is 17.1 Å². The van der Waals surface area contributed by atoms with Crippen molar-refractivity contribution in [2.75, 3.05) is 0 Å². The van der Waals surface area contributed by atoms with Crippen LogP contribution in [0.15, 0.2) is 48.7 Å². The van der Waals surface area contributed by atoms with Crippen LogP contribution in [0.2, 0.25) is 0 Å². The number of aryl methyl sites for hydroxylation is 1. The number of rotatable bonds is 2. The van der Waals surface area contributed by atoms with E-state index in [9.17, 15) is 23.1 Å². The summed E-state index contributed by atoms with van der Waals surface area (Å²) in [6.07, 6.45) is -5.87. The van der Waals surface area contributed by atoms with Crippen molar-refractivity contribution in [3.05, 3.63) is 59.2 Å². The summed E-state index contributed by atoms with van der Waals surface area (Å²) in [5.41, 5.74) is 0.207. The summed E-state index contributed by atoms with van der Waals surface area (Å²) in [4.78, 5) is 13.5. The Hall–Kier alpha value is -2.85. The quantitative estimate of drug-likeness (QED) is 0.681. The van der Waals surface area contributed by atoms with Gasteiger partial charge in [0, 0.05) is 17.5 Å². The summed E-state index contributed by atoms with van der Waals surface area (Å²) in [5.74, 6) is -0.987. The molecule has 1 aromatic carbocycles. The van der Waals surface area contributed by atoms with Crippen LogP contribution in [0.25, 0.3) is 15.9 Å². The number of alkyl halides is 3. The van der Waals surface area contributed by atoms with Crippen molar-refractivity contribution in [1.29, 1.82) is 0 Å². The van der Waals surface area contributed by atoms with Crippen LogP contribution in [0.3, 0.4) is 0 Å². The lowest BCUT2D eigenvalue weighted by molar-refractivity contribution is -0.299. The van der Waals surface area contributed by atoms with Gasteiger partial charge >= 0.3 is 6.18 Å². The number of hydrogen-bond acceptors (Lipinski definition) is 5. The third kappa shape index (κ3) is 2.68. The fraction of sp³-hybridized carbons (Fsp3) is 0.222. The van der Waals surface area contributed by atoms with Crippen LogP contribution in [0.4, 0.5) is 13.2 Å². The molecular weight excluding hydrogens is 393 g/mol. The largest absolute Gasteiger partial charge is 0.438 e. The Labute approximate surface area is 161 Å². The van der Waals surface area contributed by atoms with Crippen LogP contribution < -0.4 is 5.43 Å². The second kappa shape index (κ2) is 6.08. The molecule has 1 aliphatic rings. The maximum atomic E-state index is 13.4. The summed E-state index contributed by atoms with van der Waals surface area (Å²) in [5, 5.41) is 15.4. The summed E-state index contributed by atoms with van der Waals surface area (Å²) < 4.78 is 41.8. The van der Waals surface area contributed by atoms with Gasteiger partial charge in [-0.25, -0.2) is 9.69 Å². The fourth-order valence-corrected chi connectivity index (χ4v) is 4.23. The molecule has 28 heavy (non-hydrogen) atoms. The van der Waals surface area contributed by atoms with Gasteiger partial charge in [0.1, 0.15) is 4.83 Å². The van der Waals surface area contributed by atoms with Crippen molar-refractivity contribution in [3.8, 4) is 5.69 Å². The molecule has 2 aromatic heterocycles. The Bertz CT molecular complexity index is 1090. The molecule has 0 bridgehead atoms. The highest BCUT2D eigenvalue weighted by Gasteiger charge is 2.63. The number of fused-ring (bicyclic) bond motifs is 1. The molecule has 1 fully saturated rings. The van der Waals surface area contributed by atoms with E-state index in [0.29, 0.717) is 15.9 Å². The minimum absolute atomic E-state index is 0.0463. The molecule has 1 aliphatic heterocycles. The van der Waals surface area contributed by atoms with Crippen LogP contribution in [-0.2, 0) is 0 Å². The topological polar surface area (TPSA) is 70.4 Å². The first kappa shape index (κ1) is 18.5. The first-order valence-electron chi connectivity index (χ1n) is 8.24. The number of nitrogens with zero attached hydrogens (tertiary/aromatic N) is 3. The highest BCUT2D eigenvalue weighted by molar-refractivity contribution is 7.20. The van der Waals surface area contributed by atoms with Crippen molar-refractivity contribution in [3.63, 3.8) is 0 Å². The SMILES string of the molecule is C=C1C[C@](O)(C(F)(F)F)N(C(=O)c2cc3c(C)nn(-c4ccccc4)c3s2)N1. The van der Waals surface area contributed by atoms with E-state index < -0.39 is 24.2 Å². The van der Waals surface area contributed by atoms with Crippen molar-refractivity contribution in [2.45, 2.75) is 25.2 Å². The van der Waals surface area contributed by atoms with Crippen molar-refractivity contribution >= 4 is 27.5 Å². The summed E-state index contributed by atoms with van der Waals surface area (Å²) >= 11 is 1.01. The number of nitrogens with one attached hydrogen (secondary N) is 1. The zero-order chi connectivity index (χ0) is 20.3. The predicted molar refractivity (Wildman–Crippen MR) is 97.8 cm³/mol. The molecule has 3 heterocycles. The molecule has 0 spiro atoms. The van der Waals surface area contributed by atoms with E-state index in [-0.39, 0.29) is 15.6 Å². The highest BCUT2D eigenvalue weighted by atomic mass is 32.1. The zero-order valence-electron chi connectivity index (χ0n) is 14.6. The maximum Gasteiger partial charge on any atom is 0.438 e. The number of aliphatic hydroxyl groups is 1. The Morgan fingerprint density at radius 1 is 1.36 bits per heavy atom. The molecule has 1 atom stereocenters. The molecule has 0 radical (unpaired) electrons. The second-order valence-corrected chi connectivity index (χ2v) is 7.54. The van der Waals surface area contributed by atoms with Crippen LogP contribution in [0.1, 0.15) is 21.8 Å². The average Bonchev–Trinajstić information content (AvgIpc) is 3.28. The molecule has 1 saturated heterocycles. The second-order valence-electron chi connectivity index (χ2n) is 6.51. The van der Waals surface area contributed by atoms with E-state index >= 15 is 0 Å². The van der Waals surface area contributed by atoms with Gasteiger partial charge in [-0.15, -0.1) is 11.3 Å². The van der Waals surface area contributed by atoms with Gasteiger partial charge in [-0.2, -0.15) is 18.3 Å². The summed E-state index contributed by atoms with van der Waals surface area (Å²) in [6, 6.07) is 10.7. The number of carbonyl (C=O) groups excluding carboxylic acids is 1. The molecule has 10 heteroatoms. The van der Waals surface area contributed by atoms with Crippen molar-refractivity contribution < 1.29 is 23.1 Å². The maximum absolute atomic E-state index is 13.4. The molecule has 4 rings (SSSR count). The Morgan fingerprint density at radius 2 is 2.04 bits per heavy atom. The molecule has 6 nitrogen and oxygen atoms in total. The number of aromatic nitrogens is 2. The number of amides is 1. The third-order valence-corrected chi connectivity index (χ3v) is 5.61. The minimum atomic E-state index is -5.04. The first-order chi connectivity index (χ1) is 13.1. The number of para-hydroxylation sites is 1. The summed E-state index contributed by atoms with van der Waals surface area (Å²) in [6.45, 7) is 5.17. The molecule has 0 unspecified atom stereocenters. The number of thiophene rings is 1. The van der Waals surface area contributed by atoms with Gasteiger partial charge in [0.15, 0.2) is 0 Å². The lowest BCUT2D eigenvalue weighted by Gasteiger charge is -2.33. The van der Waals surface area contributed by atoms with E-state index in [0.717, 1.165) is 17.0 Å². The zero-order valence-corrected chi connectivity index (χ0v) is 15.4. The number of halogens is 3. The normalized spacial score (nSPS) is 20.0. The van der Waals surface area contributed by atoms with Gasteiger partial charge in [-0.3, -0.25) is 10.2 Å². The van der Waals surface area contributed by atoms with Gasteiger partial charge in [-0.1, -0.05) is 24.8 Å². The molecule has 146 valence electrons. The van der Waals surface area contributed by atoms with Gasteiger partial charge in [0.25, 0.3) is 11.6 Å². The third-order valence-electron chi connectivity index (χ3n) is 4.51. The molecule has 0 aliphatic carbocycles. The Balaban J connectivity index is 1.78. The van der Waals surface area contributed by atoms with Crippen LogP contribution in [-0.4, -0.2) is 37.7 Å². The number of hydrazine groups is 1.